The van der Waals surface area contributed by atoms with Gasteiger partial charge in [0.2, 0.25) is 0 Å². The largest absolute Gasteiger partial charge is 0.444 e. The molecule has 1 unspecified atom stereocenters. The highest BCUT2D eigenvalue weighted by Gasteiger charge is 2.55. The number of likely N-dealkylation sites (tertiary alicyclic amines) is 1. The normalized spacial score (nSPS) is 26.5. The molecule has 1 saturated carbocycles. The average molecular weight is 249 g/mol. The Hall–Kier alpha value is -0.480. The summed E-state index contributed by atoms with van der Waals surface area (Å²) in [5.74, 6) is 0. The first-order valence-electron chi connectivity index (χ1n) is 5.56. The van der Waals surface area contributed by atoms with Gasteiger partial charge in [-0.3, -0.25) is 0 Å². The van der Waals surface area contributed by atoms with Crippen LogP contribution in [0.4, 0.5) is 4.79 Å². The zero-order valence-electron chi connectivity index (χ0n) is 10.2. The maximum atomic E-state index is 11.6. The van der Waals surface area contributed by atoms with Crippen molar-refractivity contribution < 1.29 is 9.53 Å². The number of nitrogens with two attached hydrogens (primary N) is 1. The van der Waals surface area contributed by atoms with E-state index in [2.05, 4.69) is 0 Å². The number of carbonyl (C=O) groups excluding carboxylic acids is 1. The Bertz CT molecular complexity index is 282. The molecule has 1 spiro atoms. The number of nitrogens with zero attached hydrogens (tertiary/aromatic N) is 1. The molecule has 1 atom stereocenters. The van der Waals surface area contributed by atoms with Crippen molar-refractivity contribution in [1.29, 1.82) is 0 Å². The maximum Gasteiger partial charge on any atom is 0.410 e. The lowest BCUT2D eigenvalue weighted by Crippen LogP contribution is -2.70. The number of carbonyl (C=O) groups is 1. The molecule has 0 aromatic heterocycles. The summed E-state index contributed by atoms with van der Waals surface area (Å²) in [6.45, 7) is 7.22. The van der Waals surface area contributed by atoms with E-state index in [1.807, 2.05) is 20.8 Å². The highest BCUT2D eigenvalue weighted by Crippen LogP contribution is 2.47. The minimum absolute atomic E-state index is 0. The fourth-order valence-corrected chi connectivity index (χ4v) is 2.28. The minimum Gasteiger partial charge on any atom is -0.444 e. The van der Waals surface area contributed by atoms with Crippen LogP contribution >= 0.6 is 12.4 Å². The van der Waals surface area contributed by atoms with Crippen LogP contribution in [0.5, 0.6) is 0 Å². The van der Waals surface area contributed by atoms with Crippen molar-refractivity contribution in [3.63, 3.8) is 0 Å². The molecule has 2 aliphatic rings. The van der Waals surface area contributed by atoms with Crippen molar-refractivity contribution in [2.45, 2.75) is 45.3 Å². The molecule has 5 heteroatoms. The smallest absolute Gasteiger partial charge is 0.410 e. The fourth-order valence-electron chi connectivity index (χ4n) is 2.28. The number of amides is 1. The third kappa shape index (κ3) is 2.28. The van der Waals surface area contributed by atoms with Crippen LogP contribution in [0.25, 0.3) is 0 Å². The standard InChI is InChI=1S/C11H20N2O2.ClH/c1-10(2,3)15-9(14)13-6-11(7-13)5-4-8(11)12;/h8H,4-7,12H2,1-3H3;1H. The van der Waals surface area contributed by atoms with Gasteiger partial charge in [0.1, 0.15) is 5.60 Å². The summed E-state index contributed by atoms with van der Waals surface area (Å²) in [4.78, 5) is 13.4. The quantitative estimate of drug-likeness (QED) is 0.711. The van der Waals surface area contributed by atoms with E-state index in [0.717, 1.165) is 25.9 Å². The van der Waals surface area contributed by atoms with Crippen LogP contribution in [0.2, 0.25) is 0 Å². The molecule has 16 heavy (non-hydrogen) atoms. The van der Waals surface area contributed by atoms with Crippen molar-refractivity contribution in [3.05, 3.63) is 0 Å². The van der Waals surface area contributed by atoms with Gasteiger partial charge in [0.05, 0.1) is 0 Å². The van der Waals surface area contributed by atoms with E-state index in [0.29, 0.717) is 0 Å². The Kier molecular flexibility index (Phi) is 3.46. The third-order valence-corrected chi connectivity index (χ3v) is 3.40. The van der Waals surface area contributed by atoms with E-state index in [-0.39, 0.29) is 30.0 Å². The van der Waals surface area contributed by atoms with Crippen molar-refractivity contribution in [2.75, 3.05) is 13.1 Å². The molecule has 2 fully saturated rings. The summed E-state index contributed by atoms with van der Waals surface area (Å²) in [6, 6.07) is 0.288. The van der Waals surface area contributed by atoms with E-state index in [1.165, 1.54) is 0 Å². The summed E-state index contributed by atoms with van der Waals surface area (Å²) in [7, 11) is 0. The highest BCUT2D eigenvalue weighted by molar-refractivity contribution is 5.85. The number of halogens is 1. The SMILES string of the molecule is CC(C)(C)OC(=O)N1CC2(CCC2N)C1.Cl. The van der Waals surface area contributed by atoms with Crippen molar-refractivity contribution in [3.8, 4) is 0 Å². The average Bonchev–Trinajstić information content (AvgIpc) is 1.95. The van der Waals surface area contributed by atoms with E-state index < -0.39 is 5.60 Å². The summed E-state index contributed by atoms with van der Waals surface area (Å²) < 4.78 is 5.28. The van der Waals surface area contributed by atoms with Gasteiger partial charge in [-0.15, -0.1) is 12.4 Å². The fraction of sp³-hybridized carbons (Fsp3) is 0.909. The van der Waals surface area contributed by atoms with Gasteiger partial charge in [-0.1, -0.05) is 0 Å². The Morgan fingerprint density at radius 2 is 2.00 bits per heavy atom. The topological polar surface area (TPSA) is 55.6 Å². The van der Waals surface area contributed by atoms with Gasteiger partial charge in [-0.05, 0) is 33.6 Å². The molecule has 1 heterocycles. The Morgan fingerprint density at radius 1 is 1.44 bits per heavy atom. The summed E-state index contributed by atoms with van der Waals surface area (Å²) >= 11 is 0. The molecule has 0 radical (unpaired) electrons. The number of rotatable bonds is 0. The van der Waals surface area contributed by atoms with Gasteiger partial charge in [-0.25, -0.2) is 4.79 Å². The van der Waals surface area contributed by atoms with E-state index in [1.54, 1.807) is 4.90 Å². The molecule has 94 valence electrons. The molecular weight excluding hydrogens is 228 g/mol. The first-order chi connectivity index (χ1) is 6.82. The lowest BCUT2D eigenvalue weighted by molar-refractivity contribution is -0.0819. The van der Waals surface area contributed by atoms with Gasteiger partial charge in [0.25, 0.3) is 0 Å². The highest BCUT2D eigenvalue weighted by atomic mass is 35.5. The van der Waals surface area contributed by atoms with Crippen molar-refractivity contribution >= 4 is 18.5 Å². The first kappa shape index (κ1) is 13.6. The summed E-state index contributed by atoms with van der Waals surface area (Å²) in [6.07, 6.45) is 2.06. The molecule has 1 saturated heterocycles. The van der Waals surface area contributed by atoms with Gasteiger partial charge in [0, 0.05) is 24.5 Å². The van der Waals surface area contributed by atoms with E-state index >= 15 is 0 Å². The molecule has 2 rings (SSSR count). The van der Waals surface area contributed by atoms with Crippen LogP contribution in [-0.2, 0) is 4.74 Å². The van der Waals surface area contributed by atoms with Gasteiger partial charge < -0.3 is 15.4 Å². The Morgan fingerprint density at radius 3 is 2.31 bits per heavy atom. The van der Waals surface area contributed by atoms with Crippen molar-refractivity contribution in [1.82, 2.24) is 4.90 Å². The monoisotopic (exact) mass is 248 g/mol. The Labute approximate surface area is 103 Å². The minimum atomic E-state index is -0.401. The summed E-state index contributed by atoms with van der Waals surface area (Å²) in [5, 5.41) is 0. The zero-order chi connectivity index (χ0) is 11.3. The molecule has 1 aliphatic heterocycles. The van der Waals surface area contributed by atoms with E-state index in [9.17, 15) is 4.79 Å². The number of hydrogen-bond donors (Lipinski definition) is 1. The molecule has 1 aliphatic carbocycles. The molecule has 0 bridgehead atoms. The van der Waals surface area contributed by atoms with Crippen LogP contribution in [0, 0.1) is 5.41 Å². The van der Waals surface area contributed by atoms with Gasteiger partial charge >= 0.3 is 6.09 Å². The lowest BCUT2D eigenvalue weighted by atomic mass is 9.60. The predicted octanol–water partition coefficient (Wildman–Crippen LogP) is 1.77. The maximum absolute atomic E-state index is 11.6. The Balaban J connectivity index is 0.00000128. The second-order valence-electron chi connectivity index (χ2n) is 5.84. The van der Waals surface area contributed by atoms with Crippen LogP contribution in [0.3, 0.4) is 0 Å². The molecule has 2 N–H and O–H groups in total. The second kappa shape index (κ2) is 4.08. The summed E-state index contributed by atoms with van der Waals surface area (Å²) in [5.41, 5.74) is 5.76. The van der Waals surface area contributed by atoms with Crippen LogP contribution in [0.1, 0.15) is 33.6 Å². The van der Waals surface area contributed by atoms with Crippen LogP contribution < -0.4 is 5.73 Å². The zero-order valence-corrected chi connectivity index (χ0v) is 11.0. The molecule has 1 amide bonds. The number of hydrogen-bond acceptors (Lipinski definition) is 3. The molecule has 4 nitrogen and oxygen atoms in total. The predicted molar refractivity (Wildman–Crippen MR) is 64.7 cm³/mol. The van der Waals surface area contributed by atoms with Gasteiger partial charge in [0.15, 0.2) is 0 Å². The molecule has 0 aromatic rings. The first-order valence-corrected chi connectivity index (χ1v) is 5.56. The molecule has 0 aromatic carbocycles. The van der Waals surface area contributed by atoms with Crippen molar-refractivity contribution in [2.24, 2.45) is 11.1 Å². The number of ether oxygens (including phenoxy) is 1. The van der Waals surface area contributed by atoms with E-state index in [4.69, 9.17) is 10.5 Å². The second-order valence-corrected chi connectivity index (χ2v) is 5.84. The van der Waals surface area contributed by atoms with Crippen LogP contribution in [0.15, 0.2) is 0 Å². The lowest BCUT2D eigenvalue weighted by Gasteiger charge is -2.59. The molecular formula is C11H21ClN2O2. The van der Waals surface area contributed by atoms with Gasteiger partial charge in [-0.2, -0.15) is 0 Å². The van der Waals surface area contributed by atoms with Crippen LogP contribution in [-0.4, -0.2) is 35.7 Å². The third-order valence-electron chi connectivity index (χ3n) is 3.40.